The van der Waals surface area contributed by atoms with E-state index in [2.05, 4.69) is 11.3 Å². The molecule has 1 atom stereocenters. The molecule has 2 N–H and O–H groups in total. The summed E-state index contributed by atoms with van der Waals surface area (Å²) in [5.41, 5.74) is 0.197. The first kappa shape index (κ1) is 12.1. The molecular formula is C9H16O4. The molecule has 76 valence electrons. The van der Waals surface area contributed by atoms with Gasteiger partial charge < -0.3 is 14.9 Å². The zero-order chi connectivity index (χ0) is 10.5. The Morgan fingerprint density at radius 2 is 2.15 bits per heavy atom. The third-order valence-corrected chi connectivity index (χ3v) is 1.52. The van der Waals surface area contributed by atoms with Crippen molar-refractivity contribution in [2.45, 2.75) is 32.5 Å². The largest absolute Gasteiger partial charge is 0.427 e. The number of hydrogen-bond acceptors (Lipinski definition) is 4. The van der Waals surface area contributed by atoms with E-state index in [0.29, 0.717) is 6.42 Å². The highest BCUT2D eigenvalue weighted by Gasteiger charge is 2.29. The third kappa shape index (κ3) is 4.05. The Morgan fingerprint density at radius 1 is 1.62 bits per heavy atom. The molecule has 0 amide bonds. The van der Waals surface area contributed by atoms with Gasteiger partial charge in [-0.2, -0.15) is 0 Å². The molecule has 0 aromatic rings. The molecule has 0 aliphatic carbocycles. The molecule has 0 aliphatic heterocycles. The molecule has 4 heteroatoms. The molecule has 4 nitrogen and oxygen atoms in total. The van der Waals surface area contributed by atoms with E-state index in [1.54, 1.807) is 0 Å². The second kappa shape index (κ2) is 4.99. The Kier molecular flexibility index (Phi) is 4.66. The predicted molar refractivity (Wildman–Crippen MR) is 47.8 cm³/mol. The average Bonchev–Trinajstić information content (AvgIpc) is 2.04. The van der Waals surface area contributed by atoms with Gasteiger partial charge in [-0.15, -0.1) is 0 Å². The van der Waals surface area contributed by atoms with Crippen molar-refractivity contribution in [2.24, 2.45) is 0 Å². The van der Waals surface area contributed by atoms with Gasteiger partial charge in [-0.25, -0.2) is 4.79 Å². The van der Waals surface area contributed by atoms with Crippen molar-refractivity contribution in [2.75, 3.05) is 6.61 Å². The number of carbonyl (C=O) groups is 1. The lowest BCUT2D eigenvalue weighted by Gasteiger charge is -2.25. The minimum absolute atomic E-state index is 0.197. The molecular weight excluding hydrogens is 172 g/mol. The van der Waals surface area contributed by atoms with Crippen molar-refractivity contribution < 1.29 is 19.7 Å². The van der Waals surface area contributed by atoms with Gasteiger partial charge >= 0.3 is 5.97 Å². The summed E-state index contributed by atoms with van der Waals surface area (Å²) in [7, 11) is 0. The van der Waals surface area contributed by atoms with Crippen LogP contribution in [0.3, 0.4) is 0 Å². The molecule has 0 aromatic heterocycles. The van der Waals surface area contributed by atoms with Gasteiger partial charge in [0.25, 0.3) is 0 Å². The SMILES string of the molecule is C=C(C)C(=O)OC(O)(CO)CCC. The van der Waals surface area contributed by atoms with Crippen molar-refractivity contribution in [3.05, 3.63) is 12.2 Å². The first-order valence-electron chi connectivity index (χ1n) is 4.17. The summed E-state index contributed by atoms with van der Waals surface area (Å²) in [6, 6.07) is 0. The van der Waals surface area contributed by atoms with Gasteiger partial charge in [0.2, 0.25) is 5.79 Å². The number of rotatable bonds is 5. The van der Waals surface area contributed by atoms with Crippen LogP contribution < -0.4 is 0 Å². The smallest absolute Gasteiger partial charge is 0.335 e. The highest BCUT2D eigenvalue weighted by molar-refractivity contribution is 5.87. The van der Waals surface area contributed by atoms with Gasteiger partial charge in [0, 0.05) is 12.0 Å². The molecule has 0 heterocycles. The predicted octanol–water partition coefficient (Wildman–Crippen LogP) is 0.587. The summed E-state index contributed by atoms with van der Waals surface area (Å²) < 4.78 is 4.66. The van der Waals surface area contributed by atoms with Crippen LogP contribution in [-0.4, -0.2) is 28.6 Å². The van der Waals surface area contributed by atoms with E-state index in [0.717, 1.165) is 0 Å². The van der Waals surface area contributed by atoms with E-state index >= 15 is 0 Å². The van der Waals surface area contributed by atoms with Crippen LogP contribution in [-0.2, 0) is 9.53 Å². The van der Waals surface area contributed by atoms with E-state index in [4.69, 9.17) is 5.11 Å². The number of aliphatic hydroxyl groups is 2. The fraction of sp³-hybridized carbons (Fsp3) is 0.667. The van der Waals surface area contributed by atoms with Crippen LogP contribution in [0.25, 0.3) is 0 Å². The normalized spacial score (nSPS) is 14.8. The fourth-order valence-corrected chi connectivity index (χ4v) is 0.813. The molecule has 0 fully saturated rings. The summed E-state index contributed by atoms with van der Waals surface area (Å²) in [6.07, 6.45) is 0.822. The lowest BCUT2D eigenvalue weighted by atomic mass is 10.1. The Morgan fingerprint density at radius 3 is 2.46 bits per heavy atom. The van der Waals surface area contributed by atoms with Gasteiger partial charge in [0.1, 0.15) is 6.61 Å². The van der Waals surface area contributed by atoms with E-state index in [1.165, 1.54) is 6.92 Å². The molecule has 0 saturated heterocycles. The van der Waals surface area contributed by atoms with Crippen LogP contribution in [0.5, 0.6) is 0 Å². The fourth-order valence-electron chi connectivity index (χ4n) is 0.813. The Balaban J connectivity index is 4.26. The van der Waals surface area contributed by atoms with Crippen LogP contribution in [0.15, 0.2) is 12.2 Å². The number of esters is 1. The maximum atomic E-state index is 11.0. The molecule has 0 bridgehead atoms. The van der Waals surface area contributed by atoms with E-state index in [-0.39, 0.29) is 12.0 Å². The zero-order valence-corrected chi connectivity index (χ0v) is 8.04. The maximum absolute atomic E-state index is 11.0. The van der Waals surface area contributed by atoms with Crippen molar-refractivity contribution in [3.63, 3.8) is 0 Å². The monoisotopic (exact) mass is 188 g/mol. The number of aliphatic hydroxyl groups excluding tert-OH is 1. The molecule has 1 unspecified atom stereocenters. The second-order valence-electron chi connectivity index (χ2n) is 3.02. The van der Waals surface area contributed by atoms with Crippen molar-refractivity contribution in [1.82, 2.24) is 0 Å². The standard InChI is InChI=1S/C9H16O4/c1-4-5-9(12,6-10)13-8(11)7(2)3/h10,12H,2,4-6H2,1,3H3. The lowest BCUT2D eigenvalue weighted by molar-refractivity contribution is -0.222. The Labute approximate surface area is 77.8 Å². The summed E-state index contributed by atoms with van der Waals surface area (Å²) in [4.78, 5) is 11.0. The van der Waals surface area contributed by atoms with E-state index in [1.807, 2.05) is 6.92 Å². The topological polar surface area (TPSA) is 66.8 Å². The van der Waals surface area contributed by atoms with Crippen LogP contribution in [0.1, 0.15) is 26.7 Å². The number of hydrogen-bond donors (Lipinski definition) is 2. The van der Waals surface area contributed by atoms with Gasteiger partial charge in [0.15, 0.2) is 0 Å². The van der Waals surface area contributed by atoms with E-state index < -0.39 is 18.4 Å². The van der Waals surface area contributed by atoms with Crippen LogP contribution in [0.4, 0.5) is 0 Å². The summed E-state index contributed by atoms with van der Waals surface area (Å²) >= 11 is 0. The molecule has 0 radical (unpaired) electrons. The lowest BCUT2D eigenvalue weighted by Crippen LogP contribution is -2.38. The van der Waals surface area contributed by atoms with Gasteiger partial charge in [-0.1, -0.05) is 13.5 Å². The molecule has 0 aliphatic rings. The summed E-state index contributed by atoms with van der Waals surface area (Å²) in [5.74, 6) is -2.45. The highest BCUT2D eigenvalue weighted by Crippen LogP contribution is 2.15. The quantitative estimate of drug-likeness (QED) is 0.376. The first-order valence-corrected chi connectivity index (χ1v) is 4.17. The van der Waals surface area contributed by atoms with Crippen LogP contribution in [0, 0.1) is 0 Å². The highest BCUT2D eigenvalue weighted by atomic mass is 16.7. The van der Waals surface area contributed by atoms with Gasteiger partial charge in [-0.05, 0) is 13.3 Å². The van der Waals surface area contributed by atoms with Crippen LogP contribution >= 0.6 is 0 Å². The second-order valence-corrected chi connectivity index (χ2v) is 3.02. The minimum Gasteiger partial charge on any atom is -0.427 e. The molecule has 13 heavy (non-hydrogen) atoms. The Hall–Kier alpha value is -0.870. The Bertz CT molecular complexity index is 200. The van der Waals surface area contributed by atoms with Gasteiger partial charge in [0.05, 0.1) is 0 Å². The van der Waals surface area contributed by atoms with Crippen molar-refractivity contribution >= 4 is 5.97 Å². The molecule has 0 aromatic carbocycles. The van der Waals surface area contributed by atoms with Crippen LogP contribution in [0.2, 0.25) is 0 Å². The number of carbonyl (C=O) groups excluding carboxylic acids is 1. The maximum Gasteiger partial charge on any atom is 0.335 e. The molecule has 0 spiro atoms. The minimum atomic E-state index is -1.76. The molecule has 0 saturated carbocycles. The summed E-state index contributed by atoms with van der Waals surface area (Å²) in [6.45, 7) is 6.06. The average molecular weight is 188 g/mol. The number of ether oxygens (including phenoxy) is 1. The molecule has 0 rings (SSSR count). The van der Waals surface area contributed by atoms with Crippen molar-refractivity contribution in [3.8, 4) is 0 Å². The third-order valence-electron chi connectivity index (χ3n) is 1.52. The van der Waals surface area contributed by atoms with E-state index in [9.17, 15) is 9.90 Å². The first-order chi connectivity index (χ1) is 5.95. The summed E-state index contributed by atoms with van der Waals surface area (Å²) in [5, 5.41) is 18.3. The van der Waals surface area contributed by atoms with Crippen molar-refractivity contribution in [1.29, 1.82) is 0 Å². The zero-order valence-electron chi connectivity index (χ0n) is 8.04. The van der Waals surface area contributed by atoms with Gasteiger partial charge in [-0.3, -0.25) is 0 Å².